The number of aliphatic hydroxyl groups excluding tert-OH is 1. The zero-order chi connectivity index (χ0) is 10.7. The second-order valence-corrected chi connectivity index (χ2v) is 4.89. The van der Waals surface area contributed by atoms with E-state index in [-0.39, 0.29) is 0 Å². The summed E-state index contributed by atoms with van der Waals surface area (Å²) in [5, 5.41) is 9.05. The molecule has 4 heteroatoms. The molecule has 1 aliphatic rings. The molecule has 82 valence electrons. The molecule has 0 bridgehead atoms. The van der Waals surface area contributed by atoms with Crippen LogP contribution in [0.15, 0.2) is 22.9 Å². The van der Waals surface area contributed by atoms with Gasteiger partial charge in [-0.3, -0.25) is 4.98 Å². The molecule has 0 atom stereocenters. The zero-order valence-electron chi connectivity index (χ0n) is 8.56. The first-order valence-corrected chi connectivity index (χ1v) is 6.05. The lowest BCUT2D eigenvalue weighted by atomic mass is 9.98. The Morgan fingerprint density at radius 2 is 2.13 bits per heavy atom. The van der Waals surface area contributed by atoms with Gasteiger partial charge in [0.2, 0.25) is 0 Å². The summed E-state index contributed by atoms with van der Waals surface area (Å²) in [6.45, 7) is 2.36. The van der Waals surface area contributed by atoms with Gasteiger partial charge >= 0.3 is 0 Å². The number of aliphatic hydroxyl groups is 1. The highest BCUT2D eigenvalue weighted by atomic mass is 79.9. The molecule has 1 fully saturated rings. The summed E-state index contributed by atoms with van der Waals surface area (Å²) in [6.07, 6.45) is 5.83. The van der Waals surface area contributed by atoms with Crippen molar-refractivity contribution in [3.8, 4) is 0 Å². The zero-order valence-corrected chi connectivity index (χ0v) is 10.2. The highest BCUT2D eigenvalue weighted by Crippen LogP contribution is 2.24. The fourth-order valence-corrected chi connectivity index (χ4v) is 2.30. The number of halogens is 1. The Morgan fingerprint density at radius 1 is 1.40 bits per heavy atom. The summed E-state index contributed by atoms with van der Waals surface area (Å²) in [5.74, 6) is 0.487. The van der Waals surface area contributed by atoms with E-state index in [1.807, 2.05) is 6.20 Å². The van der Waals surface area contributed by atoms with Crippen LogP contribution < -0.4 is 4.90 Å². The molecule has 1 aromatic heterocycles. The molecular formula is C11H15BrN2O. The highest BCUT2D eigenvalue weighted by Gasteiger charge is 2.18. The van der Waals surface area contributed by atoms with E-state index in [1.165, 1.54) is 5.69 Å². The fraction of sp³-hybridized carbons (Fsp3) is 0.545. The van der Waals surface area contributed by atoms with E-state index in [4.69, 9.17) is 5.11 Å². The van der Waals surface area contributed by atoms with Gasteiger partial charge in [-0.15, -0.1) is 0 Å². The van der Waals surface area contributed by atoms with Crippen LogP contribution in [0.25, 0.3) is 0 Å². The Kier molecular flexibility index (Phi) is 3.59. The van der Waals surface area contributed by atoms with Crippen molar-refractivity contribution in [2.45, 2.75) is 12.8 Å². The van der Waals surface area contributed by atoms with Crippen LogP contribution in [0, 0.1) is 5.92 Å². The highest BCUT2D eigenvalue weighted by molar-refractivity contribution is 9.10. The number of rotatable bonds is 2. The number of anilines is 1. The van der Waals surface area contributed by atoms with Crippen molar-refractivity contribution in [1.82, 2.24) is 4.98 Å². The van der Waals surface area contributed by atoms with Gasteiger partial charge in [0.05, 0.1) is 11.9 Å². The summed E-state index contributed by atoms with van der Waals surface area (Å²) in [5.41, 5.74) is 1.17. The van der Waals surface area contributed by atoms with Gasteiger partial charge in [0.15, 0.2) is 0 Å². The Balaban J connectivity index is 2.01. The predicted octanol–water partition coefficient (Wildman–Crippen LogP) is 2.05. The topological polar surface area (TPSA) is 36.4 Å². The third-order valence-corrected chi connectivity index (χ3v) is 3.36. The molecule has 1 saturated heterocycles. The lowest BCUT2D eigenvalue weighted by Gasteiger charge is -2.32. The van der Waals surface area contributed by atoms with Crippen molar-refractivity contribution in [2.75, 3.05) is 24.6 Å². The van der Waals surface area contributed by atoms with E-state index in [9.17, 15) is 0 Å². The van der Waals surface area contributed by atoms with Crippen molar-refractivity contribution in [1.29, 1.82) is 0 Å². The molecule has 1 aromatic rings. The summed E-state index contributed by atoms with van der Waals surface area (Å²) < 4.78 is 1.02. The van der Waals surface area contributed by atoms with E-state index < -0.39 is 0 Å². The average Bonchev–Trinajstić information content (AvgIpc) is 2.29. The number of nitrogens with zero attached hydrogens (tertiary/aromatic N) is 2. The van der Waals surface area contributed by atoms with Gasteiger partial charge in [0, 0.05) is 30.4 Å². The van der Waals surface area contributed by atoms with Crippen LogP contribution in [0.2, 0.25) is 0 Å². The maximum Gasteiger partial charge on any atom is 0.0564 e. The van der Waals surface area contributed by atoms with Gasteiger partial charge in [-0.25, -0.2) is 0 Å². The van der Waals surface area contributed by atoms with Gasteiger partial charge in [-0.05, 0) is 40.8 Å². The molecule has 1 N–H and O–H groups in total. The lowest BCUT2D eigenvalue weighted by molar-refractivity contribution is 0.203. The SMILES string of the molecule is OCC1CCN(c2cncc(Br)c2)CC1. The standard InChI is InChI=1S/C11H15BrN2O/c12-10-5-11(7-13-6-10)14-3-1-9(8-15)2-4-14/h5-7,9,15H,1-4,8H2. The number of hydrogen-bond acceptors (Lipinski definition) is 3. The summed E-state index contributed by atoms with van der Waals surface area (Å²) in [4.78, 5) is 6.48. The third kappa shape index (κ3) is 2.69. The van der Waals surface area contributed by atoms with Gasteiger partial charge in [0.1, 0.15) is 0 Å². The average molecular weight is 271 g/mol. The van der Waals surface area contributed by atoms with Crippen LogP contribution in [0.1, 0.15) is 12.8 Å². The maximum atomic E-state index is 9.05. The van der Waals surface area contributed by atoms with Gasteiger partial charge in [0.25, 0.3) is 0 Å². The first-order chi connectivity index (χ1) is 7.29. The maximum absolute atomic E-state index is 9.05. The molecule has 2 rings (SSSR count). The fourth-order valence-electron chi connectivity index (χ4n) is 1.95. The van der Waals surface area contributed by atoms with Crippen molar-refractivity contribution < 1.29 is 5.11 Å². The van der Waals surface area contributed by atoms with E-state index in [0.717, 1.165) is 30.4 Å². The number of piperidine rings is 1. The van der Waals surface area contributed by atoms with E-state index >= 15 is 0 Å². The molecule has 0 radical (unpaired) electrons. The first kappa shape index (κ1) is 10.9. The second-order valence-electron chi connectivity index (χ2n) is 3.97. The predicted molar refractivity (Wildman–Crippen MR) is 64.0 cm³/mol. The molecule has 3 nitrogen and oxygen atoms in total. The molecule has 0 saturated carbocycles. The van der Waals surface area contributed by atoms with Crippen molar-refractivity contribution in [3.63, 3.8) is 0 Å². The molecule has 15 heavy (non-hydrogen) atoms. The van der Waals surface area contributed by atoms with Gasteiger partial charge in [-0.1, -0.05) is 0 Å². The van der Waals surface area contributed by atoms with Crippen LogP contribution >= 0.6 is 15.9 Å². The lowest BCUT2D eigenvalue weighted by Crippen LogP contribution is -2.34. The Hall–Kier alpha value is -0.610. The van der Waals surface area contributed by atoms with Crippen LogP contribution in [0.4, 0.5) is 5.69 Å². The first-order valence-electron chi connectivity index (χ1n) is 5.26. The van der Waals surface area contributed by atoms with Crippen molar-refractivity contribution in [2.24, 2.45) is 5.92 Å². The number of hydrogen-bond donors (Lipinski definition) is 1. The molecular weight excluding hydrogens is 256 g/mol. The molecule has 1 aliphatic heterocycles. The minimum Gasteiger partial charge on any atom is -0.396 e. The van der Waals surface area contributed by atoms with Gasteiger partial charge in [-0.2, -0.15) is 0 Å². The van der Waals surface area contributed by atoms with Crippen LogP contribution in [0.3, 0.4) is 0 Å². The molecule has 0 aliphatic carbocycles. The Labute approximate surface area is 98.3 Å². The van der Waals surface area contributed by atoms with E-state index in [0.29, 0.717) is 12.5 Å². The smallest absolute Gasteiger partial charge is 0.0564 e. The van der Waals surface area contributed by atoms with Crippen LogP contribution in [-0.4, -0.2) is 29.8 Å². The van der Waals surface area contributed by atoms with Crippen molar-refractivity contribution >= 4 is 21.6 Å². The molecule has 0 unspecified atom stereocenters. The van der Waals surface area contributed by atoms with Crippen molar-refractivity contribution in [3.05, 3.63) is 22.9 Å². The second kappa shape index (κ2) is 4.94. The number of pyridine rings is 1. The van der Waals surface area contributed by atoms with Crippen LogP contribution in [0.5, 0.6) is 0 Å². The van der Waals surface area contributed by atoms with Gasteiger partial charge < -0.3 is 10.0 Å². The molecule has 0 spiro atoms. The molecule has 0 amide bonds. The third-order valence-electron chi connectivity index (χ3n) is 2.93. The van der Waals surface area contributed by atoms with E-state index in [1.54, 1.807) is 6.20 Å². The largest absolute Gasteiger partial charge is 0.396 e. The summed E-state index contributed by atoms with van der Waals surface area (Å²) >= 11 is 3.43. The Bertz CT molecular complexity index is 324. The number of aromatic nitrogens is 1. The molecule has 0 aromatic carbocycles. The summed E-state index contributed by atoms with van der Waals surface area (Å²) in [7, 11) is 0. The summed E-state index contributed by atoms with van der Waals surface area (Å²) in [6, 6.07) is 2.09. The normalized spacial score (nSPS) is 18.1. The minimum absolute atomic E-state index is 0.324. The quantitative estimate of drug-likeness (QED) is 0.894. The Morgan fingerprint density at radius 3 is 2.73 bits per heavy atom. The monoisotopic (exact) mass is 270 g/mol. The van der Waals surface area contributed by atoms with Crippen LogP contribution in [-0.2, 0) is 0 Å². The minimum atomic E-state index is 0.324. The molecule has 2 heterocycles. The van der Waals surface area contributed by atoms with E-state index in [2.05, 4.69) is 31.9 Å².